The maximum absolute atomic E-state index is 12.3. The summed E-state index contributed by atoms with van der Waals surface area (Å²) in [6.07, 6.45) is 3.59. The van der Waals surface area contributed by atoms with Crippen molar-refractivity contribution in [3.8, 4) is 11.5 Å². The van der Waals surface area contributed by atoms with E-state index in [0.29, 0.717) is 24.5 Å². The number of nitrogens with two attached hydrogens (primary N) is 1. The van der Waals surface area contributed by atoms with Crippen molar-refractivity contribution in [2.75, 3.05) is 27.5 Å². The highest BCUT2D eigenvalue weighted by molar-refractivity contribution is 7.98. The molecule has 0 fully saturated rings. The Morgan fingerprint density at radius 1 is 1.32 bits per heavy atom. The van der Waals surface area contributed by atoms with E-state index in [0.717, 1.165) is 16.9 Å². The van der Waals surface area contributed by atoms with Crippen LogP contribution in [-0.2, 0) is 11.3 Å². The summed E-state index contributed by atoms with van der Waals surface area (Å²) < 4.78 is 10.7. The quantitative estimate of drug-likeness (QED) is 0.744. The molecule has 1 amide bonds. The third-order valence-electron chi connectivity index (χ3n) is 3.49. The van der Waals surface area contributed by atoms with E-state index in [1.807, 2.05) is 25.3 Å². The van der Waals surface area contributed by atoms with Crippen molar-refractivity contribution in [1.82, 2.24) is 4.90 Å². The van der Waals surface area contributed by atoms with Gasteiger partial charge in [-0.1, -0.05) is 13.3 Å². The van der Waals surface area contributed by atoms with E-state index in [-0.39, 0.29) is 5.91 Å². The van der Waals surface area contributed by atoms with E-state index >= 15 is 0 Å². The highest BCUT2D eigenvalue weighted by Crippen LogP contribution is 2.35. The molecule has 1 aromatic carbocycles. The Morgan fingerprint density at radius 2 is 1.91 bits per heavy atom. The lowest BCUT2D eigenvalue weighted by Gasteiger charge is -2.23. The minimum Gasteiger partial charge on any atom is -0.493 e. The first-order chi connectivity index (χ1) is 10.5. The molecule has 0 saturated heterocycles. The Labute approximate surface area is 137 Å². The molecular formula is C16H26N2O3S. The molecule has 0 spiro atoms. The van der Waals surface area contributed by atoms with Crippen LogP contribution in [0.2, 0.25) is 0 Å². The smallest absolute Gasteiger partial charge is 0.239 e. The van der Waals surface area contributed by atoms with Gasteiger partial charge >= 0.3 is 0 Å². The number of thioether (sulfide) groups is 1. The van der Waals surface area contributed by atoms with Crippen LogP contribution in [0.1, 0.15) is 25.3 Å². The molecule has 5 nitrogen and oxygen atoms in total. The monoisotopic (exact) mass is 326 g/mol. The molecule has 1 aromatic rings. The normalized spacial score (nSPS) is 11.9. The molecular weight excluding hydrogens is 300 g/mol. The summed E-state index contributed by atoms with van der Waals surface area (Å²) in [5, 5.41) is 0. The standard InChI is InChI=1S/C16H26N2O3S/c1-6-7-12(17)16(19)18(2)10-11-8-13(20-3)14(21-4)9-15(11)22-5/h8-9,12H,6-7,10,17H2,1-5H3. The summed E-state index contributed by atoms with van der Waals surface area (Å²) in [6.45, 7) is 2.51. The molecule has 124 valence electrons. The average Bonchev–Trinajstić information content (AvgIpc) is 2.53. The van der Waals surface area contributed by atoms with Gasteiger partial charge in [-0.25, -0.2) is 0 Å². The van der Waals surface area contributed by atoms with Gasteiger partial charge < -0.3 is 20.1 Å². The summed E-state index contributed by atoms with van der Waals surface area (Å²) >= 11 is 1.61. The Hall–Kier alpha value is -1.40. The van der Waals surface area contributed by atoms with Crippen LogP contribution in [0.15, 0.2) is 17.0 Å². The maximum Gasteiger partial charge on any atom is 0.239 e. The number of methoxy groups -OCH3 is 2. The van der Waals surface area contributed by atoms with Gasteiger partial charge in [0.2, 0.25) is 5.91 Å². The molecule has 22 heavy (non-hydrogen) atoms. The van der Waals surface area contributed by atoms with Crippen molar-refractivity contribution in [2.45, 2.75) is 37.2 Å². The van der Waals surface area contributed by atoms with Crippen molar-refractivity contribution in [3.05, 3.63) is 17.7 Å². The lowest BCUT2D eigenvalue weighted by molar-refractivity contribution is -0.132. The van der Waals surface area contributed by atoms with Crippen LogP contribution in [0.25, 0.3) is 0 Å². The molecule has 0 radical (unpaired) electrons. The number of likely N-dealkylation sites (N-methyl/N-ethyl adjacent to an activating group) is 1. The Kier molecular flexibility index (Phi) is 7.55. The van der Waals surface area contributed by atoms with Gasteiger partial charge in [0.05, 0.1) is 20.3 Å². The van der Waals surface area contributed by atoms with Crippen LogP contribution in [0.5, 0.6) is 11.5 Å². The second-order valence-corrected chi connectivity index (χ2v) is 5.96. The molecule has 1 unspecified atom stereocenters. The summed E-state index contributed by atoms with van der Waals surface area (Å²) in [4.78, 5) is 15.0. The number of hydrogen-bond donors (Lipinski definition) is 1. The van der Waals surface area contributed by atoms with Gasteiger partial charge in [0.1, 0.15) is 0 Å². The predicted octanol–water partition coefficient (Wildman–Crippen LogP) is 2.51. The Morgan fingerprint density at radius 3 is 2.41 bits per heavy atom. The van der Waals surface area contributed by atoms with E-state index in [4.69, 9.17) is 15.2 Å². The fourth-order valence-electron chi connectivity index (χ4n) is 2.27. The molecule has 0 heterocycles. The number of carbonyl (C=O) groups is 1. The highest BCUT2D eigenvalue weighted by atomic mass is 32.2. The van der Waals surface area contributed by atoms with E-state index in [2.05, 4.69) is 0 Å². The summed E-state index contributed by atoms with van der Waals surface area (Å²) in [6, 6.07) is 3.41. The molecule has 6 heteroatoms. The fraction of sp³-hybridized carbons (Fsp3) is 0.562. The maximum atomic E-state index is 12.3. The van der Waals surface area contributed by atoms with E-state index in [1.165, 1.54) is 0 Å². The molecule has 0 aliphatic rings. The number of ether oxygens (including phenoxy) is 2. The van der Waals surface area contributed by atoms with Crippen LogP contribution < -0.4 is 15.2 Å². The van der Waals surface area contributed by atoms with E-state index in [9.17, 15) is 4.79 Å². The average molecular weight is 326 g/mol. The van der Waals surface area contributed by atoms with Gasteiger partial charge in [-0.3, -0.25) is 4.79 Å². The van der Waals surface area contributed by atoms with Crippen molar-refractivity contribution in [3.63, 3.8) is 0 Å². The van der Waals surface area contributed by atoms with Crippen LogP contribution in [0.3, 0.4) is 0 Å². The summed E-state index contributed by atoms with van der Waals surface area (Å²) in [5.41, 5.74) is 6.93. The second-order valence-electron chi connectivity index (χ2n) is 5.11. The Bertz CT molecular complexity index is 508. The van der Waals surface area contributed by atoms with Crippen LogP contribution in [0, 0.1) is 0 Å². The van der Waals surface area contributed by atoms with Crippen molar-refractivity contribution in [1.29, 1.82) is 0 Å². The lowest BCUT2D eigenvalue weighted by atomic mass is 10.1. The number of hydrogen-bond acceptors (Lipinski definition) is 5. The van der Waals surface area contributed by atoms with Crippen molar-refractivity contribution >= 4 is 17.7 Å². The number of rotatable bonds is 8. The van der Waals surface area contributed by atoms with Gasteiger partial charge in [0.25, 0.3) is 0 Å². The number of amides is 1. The van der Waals surface area contributed by atoms with Gasteiger partial charge in [-0.2, -0.15) is 0 Å². The van der Waals surface area contributed by atoms with Gasteiger partial charge in [0.15, 0.2) is 11.5 Å². The molecule has 1 atom stereocenters. The highest BCUT2D eigenvalue weighted by Gasteiger charge is 2.19. The molecule has 0 aliphatic heterocycles. The van der Waals surface area contributed by atoms with Crippen LogP contribution >= 0.6 is 11.8 Å². The molecule has 2 N–H and O–H groups in total. The third kappa shape index (κ3) is 4.55. The number of nitrogens with zero attached hydrogens (tertiary/aromatic N) is 1. The van der Waals surface area contributed by atoms with Crippen LogP contribution in [0.4, 0.5) is 0 Å². The van der Waals surface area contributed by atoms with E-state index in [1.54, 1.807) is 37.9 Å². The van der Waals surface area contributed by atoms with Gasteiger partial charge in [0, 0.05) is 18.5 Å². The minimum absolute atomic E-state index is 0.0383. The third-order valence-corrected chi connectivity index (χ3v) is 4.31. The van der Waals surface area contributed by atoms with Crippen molar-refractivity contribution < 1.29 is 14.3 Å². The SMILES string of the molecule is CCCC(N)C(=O)N(C)Cc1cc(OC)c(OC)cc1SC. The number of benzene rings is 1. The first-order valence-corrected chi connectivity index (χ1v) is 8.50. The zero-order valence-corrected chi connectivity index (χ0v) is 14.8. The van der Waals surface area contributed by atoms with Gasteiger partial charge in [-0.05, 0) is 30.4 Å². The Balaban J connectivity index is 2.98. The van der Waals surface area contributed by atoms with Gasteiger partial charge in [-0.15, -0.1) is 11.8 Å². The molecule has 0 bridgehead atoms. The first-order valence-electron chi connectivity index (χ1n) is 7.27. The van der Waals surface area contributed by atoms with Crippen molar-refractivity contribution in [2.24, 2.45) is 5.73 Å². The topological polar surface area (TPSA) is 64.8 Å². The fourth-order valence-corrected chi connectivity index (χ4v) is 2.88. The first kappa shape index (κ1) is 18.6. The van der Waals surface area contributed by atoms with E-state index < -0.39 is 6.04 Å². The predicted molar refractivity (Wildman–Crippen MR) is 90.7 cm³/mol. The number of carbonyl (C=O) groups excluding carboxylic acids is 1. The summed E-state index contributed by atoms with van der Waals surface area (Å²) in [7, 11) is 4.99. The molecule has 0 aliphatic carbocycles. The second kappa shape index (κ2) is 8.90. The molecule has 1 rings (SSSR count). The minimum atomic E-state index is -0.437. The summed E-state index contributed by atoms with van der Waals surface area (Å²) in [5.74, 6) is 1.31. The lowest BCUT2D eigenvalue weighted by Crippen LogP contribution is -2.41. The largest absolute Gasteiger partial charge is 0.493 e. The zero-order valence-electron chi connectivity index (χ0n) is 14.0. The zero-order chi connectivity index (χ0) is 16.7. The molecule has 0 aromatic heterocycles. The van der Waals surface area contributed by atoms with Crippen LogP contribution in [-0.4, -0.2) is 44.4 Å². The molecule has 0 saturated carbocycles.